The van der Waals surface area contributed by atoms with Crippen molar-refractivity contribution in [1.29, 1.82) is 0 Å². The van der Waals surface area contributed by atoms with E-state index in [4.69, 9.17) is 23.8 Å². The number of nitrogens with one attached hydrogen (secondary N) is 2. The van der Waals surface area contributed by atoms with Gasteiger partial charge in [0.25, 0.3) is 0 Å². The van der Waals surface area contributed by atoms with Crippen LogP contribution in [0.2, 0.25) is 5.02 Å². The molecular weight excluding hydrogens is 418 g/mol. The van der Waals surface area contributed by atoms with E-state index in [0.717, 1.165) is 18.4 Å². The minimum atomic E-state index is -3.45. The molecule has 1 aliphatic rings. The standard InChI is InChI=1S/C19H20ClN3O3S2/c20-15-5-3-14(4-6-15)13-18(24)22-19(27)21-16-7-9-17(10-8-16)28(25,26)23-11-1-2-12-23/h3-10H,1-2,11-13H2,(H2,21,22,24,27). The van der Waals surface area contributed by atoms with E-state index in [1.807, 2.05) is 0 Å². The Kier molecular flexibility index (Phi) is 6.66. The highest BCUT2D eigenvalue weighted by atomic mass is 35.5. The van der Waals surface area contributed by atoms with Crippen molar-refractivity contribution in [3.63, 3.8) is 0 Å². The number of thiocarbonyl (C=S) groups is 1. The van der Waals surface area contributed by atoms with Crippen molar-refractivity contribution in [3.05, 3.63) is 59.1 Å². The van der Waals surface area contributed by atoms with Gasteiger partial charge in [-0.05, 0) is 67.0 Å². The van der Waals surface area contributed by atoms with Crippen LogP contribution in [0.15, 0.2) is 53.4 Å². The second kappa shape index (κ2) is 9.00. The van der Waals surface area contributed by atoms with Crippen molar-refractivity contribution >= 4 is 50.5 Å². The number of rotatable bonds is 5. The molecule has 9 heteroatoms. The lowest BCUT2D eigenvalue weighted by Crippen LogP contribution is -2.35. The summed E-state index contributed by atoms with van der Waals surface area (Å²) < 4.78 is 26.5. The highest BCUT2D eigenvalue weighted by molar-refractivity contribution is 7.89. The number of sulfonamides is 1. The number of halogens is 1. The first-order valence-corrected chi connectivity index (χ1v) is 11.0. The van der Waals surface area contributed by atoms with Crippen molar-refractivity contribution in [1.82, 2.24) is 9.62 Å². The molecule has 28 heavy (non-hydrogen) atoms. The number of anilines is 1. The van der Waals surface area contributed by atoms with Gasteiger partial charge in [0.05, 0.1) is 11.3 Å². The van der Waals surface area contributed by atoms with Crippen molar-refractivity contribution in [2.45, 2.75) is 24.2 Å². The molecule has 0 unspecified atom stereocenters. The summed E-state index contributed by atoms with van der Waals surface area (Å²) in [5, 5.41) is 6.24. The van der Waals surface area contributed by atoms with E-state index in [2.05, 4.69) is 10.6 Å². The highest BCUT2D eigenvalue weighted by Gasteiger charge is 2.26. The second-order valence-electron chi connectivity index (χ2n) is 6.44. The number of amides is 1. The minimum absolute atomic E-state index is 0.147. The van der Waals surface area contributed by atoms with Gasteiger partial charge in [0.15, 0.2) is 5.11 Å². The predicted molar refractivity (Wildman–Crippen MR) is 114 cm³/mol. The maximum absolute atomic E-state index is 12.5. The fourth-order valence-electron chi connectivity index (χ4n) is 2.91. The number of hydrogen-bond donors (Lipinski definition) is 2. The normalized spacial score (nSPS) is 14.6. The summed E-state index contributed by atoms with van der Waals surface area (Å²) in [6, 6.07) is 13.3. The van der Waals surface area contributed by atoms with E-state index in [1.54, 1.807) is 36.4 Å². The third-order valence-corrected chi connectivity index (χ3v) is 6.71. The van der Waals surface area contributed by atoms with Gasteiger partial charge in [-0.1, -0.05) is 23.7 Å². The fraction of sp³-hybridized carbons (Fsp3) is 0.263. The third-order valence-electron chi connectivity index (χ3n) is 4.35. The molecule has 148 valence electrons. The highest BCUT2D eigenvalue weighted by Crippen LogP contribution is 2.22. The Morgan fingerprint density at radius 3 is 2.25 bits per heavy atom. The molecule has 0 atom stereocenters. The number of carbonyl (C=O) groups excluding carboxylic acids is 1. The summed E-state index contributed by atoms with van der Waals surface area (Å²) in [6.07, 6.45) is 1.96. The lowest BCUT2D eigenvalue weighted by Gasteiger charge is -2.16. The van der Waals surface area contributed by atoms with E-state index in [1.165, 1.54) is 16.4 Å². The SMILES string of the molecule is O=C(Cc1ccc(Cl)cc1)NC(=S)Nc1ccc(S(=O)(=O)N2CCCC2)cc1. The Bertz CT molecular complexity index is 955. The molecule has 2 N–H and O–H groups in total. The van der Waals surface area contributed by atoms with E-state index < -0.39 is 10.0 Å². The number of carbonyl (C=O) groups is 1. The average Bonchev–Trinajstić information content (AvgIpc) is 3.19. The molecule has 3 rings (SSSR count). The first kappa shape index (κ1) is 20.7. The number of hydrogen-bond acceptors (Lipinski definition) is 4. The summed E-state index contributed by atoms with van der Waals surface area (Å²) in [4.78, 5) is 12.3. The van der Waals surface area contributed by atoms with Gasteiger partial charge < -0.3 is 10.6 Å². The van der Waals surface area contributed by atoms with Gasteiger partial charge in [-0.25, -0.2) is 8.42 Å². The maximum atomic E-state index is 12.5. The van der Waals surface area contributed by atoms with Gasteiger partial charge in [0.1, 0.15) is 0 Å². The van der Waals surface area contributed by atoms with Crippen LogP contribution in [0, 0.1) is 0 Å². The smallest absolute Gasteiger partial charge is 0.243 e. The van der Waals surface area contributed by atoms with Gasteiger partial charge in [-0.15, -0.1) is 0 Å². The van der Waals surface area contributed by atoms with Crippen LogP contribution in [0.5, 0.6) is 0 Å². The van der Waals surface area contributed by atoms with Crippen LogP contribution in [0.3, 0.4) is 0 Å². The van der Waals surface area contributed by atoms with Gasteiger partial charge >= 0.3 is 0 Å². The summed E-state index contributed by atoms with van der Waals surface area (Å²) in [5.74, 6) is -0.256. The molecule has 0 spiro atoms. The second-order valence-corrected chi connectivity index (χ2v) is 9.22. The molecule has 1 heterocycles. The summed E-state index contributed by atoms with van der Waals surface area (Å²) in [7, 11) is -3.45. The maximum Gasteiger partial charge on any atom is 0.243 e. The van der Waals surface area contributed by atoms with Gasteiger partial charge in [-0.3, -0.25) is 4.79 Å². The van der Waals surface area contributed by atoms with Crippen LogP contribution in [-0.4, -0.2) is 36.8 Å². The molecule has 6 nitrogen and oxygen atoms in total. The molecule has 0 aromatic heterocycles. The average molecular weight is 438 g/mol. The Morgan fingerprint density at radius 2 is 1.64 bits per heavy atom. The number of benzene rings is 2. The van der Waals surface area contributed by atoms with Crippen LogP contribution in [0.25, 0.3) is 0 Å². The van der Waals surface area contributed by atoms with Crippen LogP contribution < -0.4 is 10.6 Å². The minimum Gasteiger partial charge on any atom is -0.332 e. The van der Waals surface area contributed by atoms with Crippen LogP contribution in [0.4, 0.5) is 5.69 Å². The zero-order chi connectivity index (χ0) is 20.1. The van der Waals surface area contributed by atoms with E-state index in [0.29, 0.717) is 23.8 Å². The van der Waals surface area contributed by atoms with Gasteiger partial charge in [-0.2, -0.15) is 4.31 Å². The summed E-state index contributed by atoms with van der Waals surface area (Å²) in [6.45, 7) is 1.12. The van der Waals surface area contributed by atoms with Crippen LogP contribution in [-0.2, 0) is 21.2 Å². The van der Waals surface area contributed by atoms with Crippen molar-refractivity contribution in [3.8, 4) is 0 Å². The third kappa shape index (κ3) is 5.29. The quantitative estimate of drug-likeness (QED) is 0.702. The fourth-order valence-corrected chi connectivity index (χ4v) is 4.78. The zero-order valence-electron chi connectivity index (χ0n) is 15.0. The molecule has 1 aliphatic heterocycles. The Balaban J connectivity index is 1.55. The predicted octanol–water partition coefficient (Wildman–Crippen LogP) is 3.18. The topological polar surface area (TPSA) is 78.5 Å². The molecule has 0 radical (unpaired) electrons. The van der Waals surface area contributed by atoms with Crippen LogP contribution in [0.1, 0.15) is 18.4 Å². The lowest BCUT2D eigenvalue weighted by atomic mass is 10.1. The summed E-state index contributed by atoms with van der Waals surface area (Å²) >= 11 is 11.0. The van der Waals surface area contributed by atoms with Crippen LogP contribution >= 0.6 is 23.8 Å². The van der Waals surface area contributed by atoms with E-state index in [-0.39, 0.29) is 22.3 Å². The zero-order valence-corrected chi connectivity index (χ0v) is 17.4. The molecule has 1 amide bonds. The number of nitrogens with zero attached hydrogens (tertiary/aromatic N) is 1. The van der Waals surface area contributed by atoms with Crippen molar-refractivity contribution < 1.29 is 13.2 Å². The Morgan fingerprint density at radius 1 is 1.04 bits per heavy atom. The van der Waals surface area contributed by atoms with E-state index >= 15 is 0 Å². The Labute approximate surface area is 174 Å². The monoisotopic (exact) mass is 437 g/mol. The summed E-state index contributed by atoms with van der Waals surface area (Å²) in [5.41, 5.74) is 1.42. The van der Waals surface area contributed by atoms with Gasteiger partial charge in [0, 0.05) is 23.8 Å². The first-order valence-electron chi connectivity index (χ1n) is 8.80. The molecular formula is C19H20ClN3O3S2. The molecule has 0 aliphatic carbocycles. The molecule has 2 aromatic rings. The van der Waals surface area contributed by atoms with Crippen molar-refractivity contribution in [2.75, 3.05) is 18.4 Å². The lowest BCUT2D eigenvalue weighted by molar-refractivity contribution is -0.119. The molecule has 1 fully saturated rings. The van der Waals surface area contributed by atoms with E-state index in [9.17, 15) is 13.2 Å². The molecule has 0 bridgehead atoms. The first-order chi connectivity index (χ1) is 13.3. The van der Waals surface area contributed by atoms with Crippen molar-refractivity contribution in [2.24, 2.45) is 0 Å². The molecule has 1 saturated heterocycles. The molecule has 2 aromatic carbocycles. The molecule has 0 saturated carbocycles. The van der Waals surface area contributed by atoms with Gasteiger partial charge in [0.2, 0.25) is 15.9 Å². The Hall–Kier alpha value is -2.00. The largest absolute Gasteiger partial charge is 0.332 e.